The number of nitrogens with zero attached hydrogens (tertiary/aromatic N) is 4. The molecule has 1 aromatic heterocycles. The lowest BCUT2D eigenvalue weighted by Crippen LogP contribution is -2.47. The molecule has 0 aromatic carbocycles. The minimum Gasteiger partial charge on any atom is -0.481 e. The SMILES string of the molecule is COc1cc(N2C[C@@H]3COC[C@]3(C(=O)N3CCCO3)C2)ncn1. The highest BCUT2D eigenvalue weighted by atomic mass is 16.7. The van der Waals surface area contributed by atoms with Gasteiger partial charge in [0, 0.05) is 25.1 Å². The van der Waals surface area contributed by atoms with E-state index in [1.165, 1.54) is 11.4 Å². The van der Waals surface area contributed by atoms with Crippen LogP contribution in [-0.4, -0.2) is 67.5 Å². The Morgan fingerprint density at radius 1 is 1.48 bits per heavy atom. The number of carbonyl (C=O) groups excluding carboxylic acids is 1. The molecule has 2 atom stereocenters. The largest absolute Gasteiger partial charge is 0.481 e. The second-order valence-corrected chi connectivity index (χ2v) is 6.26. The van der Waals surface area contributed by atoms with Crippen molar-refractivity contribution >= 4 is 11.7 Å². The van der Waals surface area contributed by atoms with Crippen LogP contribution in [0.3, 0.4) is 0 Å². The second-order valence-electron chi connectivity index (χ2n) is 6.26. The third-order valence-electron chi connectivity index (χ3n) is 4.94. The third-order valence-corrected chi connectivity index (χ3v) is 4.94. The average molecular weight is 320 g/mol. The van der Waals surface area contributed by atoms with E-state index in [1.807, 2.05) is 0 Å². The molecule has 0 radical (unpaired) electrons. The Kier molecular flexibility index (Phi) is 3.57. The van der Waals surface area contributed by atoms with E-state index in [9.17, 15) is 4.79 Å². The van der Waals surface area contributed by atoms with Crippen LogP contribution in [0.4, 0.5) is 5.82 Å². The van der Waals surface area contributed by atoms with Crippen molar-refractivity contribution in [2.24, 2.45) is 11.3 Å². The summed E-state index contributed by atoms with van der Waals surface area (Å²) in [6, 6.07) is 1.80. The summed E-state index contributed by atoms with van der Waals surface area (Å²) < 4.78 is 10.8. The molecule has 3 fully saturated rings. The number of methoxy groups -OCH3 is 1. The molecule has 4 heterocycles. The fourth-order valence-electron chi connectivity index (χ4n) is 3.68. The summed E-state index contributed by atoms with van der Waals surface area (Å²) in [5, 5.41) is 1.52. The standard InChI is InChI=1S/C15H20N4O4/c1-21-13-5-12(16-10-17-13)18-6-11-7-22-9-15(11,8-18)14(20)19-3-2-4-23-19/h5,10-11H,2-4,6-9H2,1H3/t11-,15-/m1/s1. The Bertz CT molecular complexity index is 607. The van der Waals surface area contributed by atoms with Crippen LogP contribution in [0.2, 0.25) is 0 Å². The van der Waals surface area contributed by atoms with E-state index >= 15 is 0 Å². The van der Waals surface area contributed by atoms with Crippen molar-refractivity contribution < 1.29 is 19.1 Å². The predicted octanol–water partition coefficient (Wildman–Crippen LogP) is 0.102. The number of ether oxygens (including phenoxy) is 2. The highest BCUT2D eigenvalue weighted by Crippen LogP contribution is 2.44. The van der Waals surface area contributed by atoms with Crippen LogP contribution in [-0.2, 0) is 14.4 Å². The second kappa shape index (κ2) is 5.61. The van der Waals surface area contributed by atoms with Gasteiger partial charge in [-0.2, -0.15) is 0 Å². The van der Waals surface area contributed by atoms with E-state index in [4.69, 9.17) is 14.3 Å². The van der Waals surface area contributed by atoms with Crippen molar-refractivity contribution in [3.63, 3.8) is 0 Å². The first-order chi connectivity index (χ1) is 11.2. The van der Waals surface area contributed by atoms with E-state index < -0.39 is 5.41 Å². The molecule has 124 valence electrons. The summed E-state index contributed by atoms with van der Waals surface area (Å²) in [7, 11) is 1.58. The van der Waals surface area contributed by atoms with Crippen LogP contribution in [0.25, 0.3) is 0 Å². The molecule has 0 bridgehead atoms. The minimum atomic E-state index is -0.539. The van der Waals surface area contributed by atoms with Crippen LogP contribution in [0, 0.1) is 11.3 Å². The van der Waals surface area contributed by atoms with Crippen molar-refractivity contribution in [3.05, 3.63) is 12.4 Å². The smallest absolute Gasteiger partial charge is 0.256 e. The molecule has 8 nitrogen and oxygen atoms in total. The molecule has 0 saturated carbocycles. The first kappa shape index (κ1) is 14.6. The molecule has 23 heavy (non-hydrogen) atoms. The first-order valence-electron chi connectivity index (χ1n) is 7.86. The molecule has 3 aliphatic rings. The van der Waals surface area contributed by atoms with Crippen molar-refractivity contribution in [2.45, 2.75) is 6.42 Å². The Labute approximate surface area is 134 Å². The van der Waals surface area contributed by atoms with Crippen LogP contribution >= 0.6 is 0 Å². The summed E-state index contributed by atoms with van der Waals surface area (Å²) in [6.45, 7) is 3.62. The summed E-state index contributed by atoms with van der Waals surface area (Å²) >= 11 is 0. The van der Waals surface area contributed by atoms with Crippen molar-refractivity contribution in [3.8, 4) is 5.88 Å². The van der Waals surface area contributed by atoms with Gasteiger partial charge in [-0.1, -0.05) is 0 Å². The highest BCUT2D eigenvalue weighted by Gasteiger charge is 2.58. The fraction of sp³-hybridized carbons (Fsp3) is 0.667. The van der Waals surface area contributed by atoms with Gasteiger partial charge in [-0.25, -0.2) is 15.0 Å². The van der Waals surface area contributed by atoms with Crippen LogP contribution in [0.5, 0.6) is 5.88 Å². The quantitative estimate of drug-likeness (QED) is 0.782. The Morgan fingerprint density at radius 3 is 3.17 bits per heavy atom. The number of rotatable bonds is 3. The molecule has 4 rings (SSSR count). The van der Waals surface area contributed by atoms with Gasteiger partial charge in [0.2, 0.25) is 5.88 Å². The molecule has 8 heteroatoms. The first-order valence-corrected chi connectivity index (χ1v) is 7.86. The van der Waals surface area contributed by atoms with Gasteiger partial charge in [0.05, 0.1) is 38.9 Å². The summed E-state index contributed by atoms with van der Waals surface area (Å²) in [5.74, 6) is 1.49. The molecule has 3 saturated heterocycles. The Balaban J connectivity index is 1.59. The summed E-state index contributed by atoms with van der Waals surface area (Å²) in [5.41, 5.74) is -0.539. The normalized spacial score (nSPS) is 29.9. The minimum absolute atomic E-state index is 0.0426. The van der Waals surface area contributed by atoms with Gasteiger partial charge in [-0.05, 0) is 6.42 Å². The molecule has 0 spiro atoms. The number of amides is 1. The van der Waals surface area contributed by atoms with Crippen LogP contribution in [0.1, 0.15) is 6.42 Å². The topological polar surface area (TPSA) is 77.0 Å². The van der Waals surface area contributed by atoms with Gasteiger partial charge in [-0.3, -0.25) is 9.63 Å². The zero-order valence-electron chi connectivity index (χ0n) is 13.1. The van der Waals surface area contributed by atoms with Gasteiger partial charge < -0.3 is 14.4 Å². The molecular formula is C15H20N4O4. The van der Waals surface area contributed by atoms with Gasteiger partial charge in [-0.15, -0.1) is 0 Å². The lowest BCUT2D eigenvalue weighted by molar-refractivity contribution is -0.180. The maximum atomic E-state index is 13.0. The van der Waals surface area contributed by atoms with Crippen molar-refractivity contribution in [2.75, 3.05) is 51.5 Å². The van der Waals surface area contributed by atoms with Crippen molar-refractivity contribution in [1.82, 2.24) is 15.0 Å². The zero-order chi connectivity index (χ0) is 15.9. The van der Waals surface area contributed by atoms with Crippen molar-refractivity contribution in [1.29, 1.82) is 0 Å². The van der Waals surface area contributed by atoms with Gasteiger partial charge in [0.25, 0.3) is 5.91 Å². The Hall–Kier alpha value is -1.93. The molecular weight excluding hydrogens is 300 g/mol. The number of hydroxylamine groups is 2. The van der Waals surface area contributed by atoms with Crippen LogP contribution < -0.4 is 9.64 Å². The number of fused-ring (bicyclic) bond motifs is 1. The molecule has 0 N–H and O–H groups in total. The van der Waals surface area contributed by atoms with Crippen LogP contribution in [0.15, 0.2) is 12.4 Å². The lowest BCUT2D eigenvalue weighted by atomic mass is 9.80. The number of hydrogen-bond acceptors (Lipinski definition) is 7. The molecule has 1 amide bonds. The van der Waals surface area contributed by atoms with E-state index in [0.29, 0.717) is 38.8 Å². The third kappa shape index (κ3) is 2.33. The van der Waals surface area contributed by atoms with Gasteiger partial charge in [0.1, 0.15) is 12.1 Å². The molecule has 0 unspecified atom stereocenters. The molecule has 3 aliphatic heterocycles. The van der Waals surface area contributed by atoms with E-state index in [-0.39, 0.29) is 11.8 Å². The summed E-state index contributed by atoms with van der Waals surface area (Å²) in [4.78, 5) is 28.9. The number of hydrogen-bond donors (Lipinski definition) is 0. The zero-order valence-corrected chi connectivity index (χ0v) is 13.1. The van der Waals surface area contributed by atoms with Gasteiger partial charge in [0.15, 0.2) is 0 Å². The lowest BCUT2D eigenvalue weighted by Gasteiger charge is -2.29. The van der Waals surface area contributed by atoms with E-state index in [0.717, 1.165) is 18.8 Å². The maximum absolute atomic E-state index is 13.0. The van der Waals surface area contributed by atoms with E-state index in [2.05, 4.69) is 14.9 Å². The maximum Gasteiger partial charge on any atom is 0.256 e. The van der Waals surface area contributed by atoms with Gasteiger partial charge >= 0.3 is 0 Å². The number of carbonyl (C=O) groups is 1. The fourth-order valence-corrected chi connectivity index (χ4v) is 3.68. The number of anilines is 1. The molecule has 1 aromatic rings. The Morgan fingerprint density at radius 2 is 2.39 bits per heavy atom. The monoisotopic (exact) mass is 320 g/mol. The average Bonchev–Trinajstić information content (AvgIpc) is 3.29. The molecule has 0 aliphatic carbocycles. The number of aromatic nitrogens is 2. The highest BCUT2D eigenvalue weighted by molar-refractivity contribution is 5.84. The summed E-state index contributed by atoms with van der Waals surface area (Å²) in [6.07, 6.45) is 2.37. The van der Waals surface area contributed by atoms with E-state index in [1.54, 1.807) is 13.2 Å². The predicted molar refractivity (Wildman–Crippen MR) is 79.8 cm³/mol.